The number of hydrogen-bond acceptors (Lipinski definition) is 6. The first-order valence-electron chi connectivity index (χ1n) is 5.42. The lowest BCUT2D eigenvalue weighted by atomic mass is 10.1. The van der Waals surface area contributed by atoms with Crippen LogP contribution in [-0.4, -0.2) is 37.8 Å². The highest BCUT2D eigenvalue weighted by Crippen LogP contribution is 2.25. The molecule has 1 aliphatic heterocycles. The van der Waals surface area contributed by atoms with Gasteiger partial charge in [0.25, 0.3) is 11.8 Å². The van der Waals surface area contributed by atoms with Crippen molar-refractivity contribution in [3.63, 3.8) is 0 Å². The van der Waals surface area contributed by atoms with Crippen LogP contribution in [0.1, 0.15) is 20.7 Å². The van der Waals surface area contributed by atoms with Crippen LogP contribution in [0.4, 0.5) is 5.95 Å². The lowest BCUT2D eigenvalue weighted by Gasteiger charge is -2.11. The van der Waals surface area contributed by atoms with Gasteiger partial charge in [-0.15, -0.1) is 5.10 Å². The fourth-order valence-corrected chi connectivity index (χ4v) is 2.55. The van der Waals surface area contributed by atoms with Crippen LogP contribution in [0.3, 0.4) is 0 Å². The first-order chi connectivity index (χ1) is 9.16. The number of fused-ring (bicyclic) bond motifs is 1. The summed E-state index contributed by atoms with van der Waals surface area (Å²) in [5.74, 6) is -0.234. The number of hydrogen-bond donors (Lipinski definition) is 2. The van der Waals surface area contributed by atoms with Crippen molar-refractivity contribution in [3.05, 3.63) is 35.4 Å². The lowest BCUT2D eigenvalue weighted by Crippen LogP contribution is -2.29. The molecule has 96 valence electrons. The highest BCUT2D eigenvalue weighted by atomic mass is 32.2. The Bertz CT molecular complexity index is 634. The van der Waals surface area contributed by atoms with E-state index in [0.717, 1.165) is 0 Å². The summed E-state index contributed by atoms with van der Waals surface area (Å²) in [7, 11) is 0. The van der Waals surface area contributed by atoms with Crippen molar-refractivity contribution in [3.8, 4) is 0 Å². The molecule has 0 unspecified atom stereocenters. The third kappa shape index (κ3) is 1.95. The molecule has 0 radical (unpaired) electrons. The average Bonchev–Trinajstić information content (AvgIpc) is 2.93. The number of carbonyl (C=O) groups is 2. The van der Waals surface area contributed by atoms with Gasteiger partial charge in [0.15, 0.2) is 0 Å². The van der Waals surface area contributed by atoms with Crippen molar-refractivity contribution >= 4 is 29.5 Å². The normalized spacial score (nSPS) is 14.0. The molecule has 0 saturated carbocycles. The Hall–Kier alpha value is -2.35. The number of nitrogens with two attached hydrogens (primary N) is 1. The summed E-state index contributed by atoms with van der Waals surface area (Å²) >= 11 is 1.17. The average molecular weight is 275 g/mol. The number of imide groups is 1. The van der Waals surface area contributed by atoms with Crippen molar-refractivity contribution in [2.75, 3.05) is 11.6 Å². The van der Waals surface area contributed by atoms with Crippen LogP contribution in [0.5, 0.6) is 0 Å². The van der Waals surface area contributed by atoms with Gasteiger partial charge in [-0.1, -0.05) is 23.9 Å². The third-order valence-corrected chi connectivity index (χ3v) is 3.51. The number of anilines is 1. The topological polar surface area (TPSA) is 105 Å². The first-order valence-corrected chi connectivity index (χ1v) is 6.41. The van der Waals surface area contributed by atoms with Crippen molar-refractivity contribution in [1.82, 2.24) is 20.1 Å². The number of nitrogens with one attached hydrogen (secondary N) is 1. The maximum atomic E-state index is 12.1. The molecule has 0 aliphatic carbocycles. The van der Waals surface area contributed by atoms with Crippen LogP contribution >= 0.6 is 11.8 Å². The quantitative estimate of drug-likeness (QED) is 0.632. The number of aromatic nitrogens is 3. The molecule has 8 heteroatoms. The maximum absolute atomic E-state index is 12.1. The summed E-state index contributed by atoms with van der Waals surface area (Å²) in [6.07, 6.45) is 0. The minimum Gasteiger partial charge on any atom is -0.368 e. The zero-order valence-electron chi connectivity index (χ0n) is 9.66. The van der Waals surface area contributed by atoms with E-state index < -0.39 is 0 Å². The number of benzene rings is 1. The standard InChI is InChI=1S/C11H9N5O2S/c12-10-13-11(15-14-10)19-5-16-8(17)6-3-1-2-4-7(6)9(16)18/h1-4H,5H2,(H3,12,13,14,15). The van der Waals surface area contributed by atoms with E-state index in [0.29, 0.717) is 16.3 Å². The Labute approximate surface area is 112 Å². The van der Waals surface area contributed by atoms with Gasteiger partial charge in [-0.25, -0.2) is 5.10 Å². The number of nitrogen functional groups attached to an aromatic ring is 1. The first kappa shape index (κ1) is 11.7. The van der Waals surface area contributed by atoms with Gasteiger partial charge < -0.3 is 5.73 Å². The minimum atomic E-state index is -0.295. The molecule has 0 fully saturated rings. The molecule has 0 bridgehead atoms. The second-order valence-corrected chi connectivity index (χ2v) is 4.77. The Kier molecular flexibility index (Phi) is 2.71. The van der Waals surface area contributed by atoms with Crippen molar-refractivity contribution in [1.29, 1.82) is 0 Å². The van der Waals surface area contributed by atoms with E-state index >= 15 is 0 Å². The van der Waals surface area contributed by atoms with E-state index in [1.165, 1.54) is 16.7 Å². The van der Waals surface area contributed by atoms with Gasteiger partial charge in [0.1, 0.15) is 0 Å². The zero-order valence-corrected chi connectivity index (χ0v) is 10.5. The monoisotopic (exact) mass is 275 g/mol. The van der Waals surface area contributed by atoms with Gasteiger partial charge >= 0.3 is 0 Å². The van der Waals surface area contributed by atoms with Gasteiger partial charge in [-0.2, -0.15) is 4.98 Å². The molecule has 1 aliphatic rings. The number of amides is 2. The van der Waals surface area contributed by atoms with Crippen LogP contribution in [0.2, 0.25) is 0 Å². The smallest absolute Gasteiger partial charge is 0.262 e. The van der Waals surface area contributed by atoms with E-state index in [1.807, 2.05) is 0 Å². The Balaban J connectivity index is 1.77. The molecule has 2 amide bonds. The number of carbonyl (C=O) groups excluding carboxylic acids is 2. The molecule has 0 spiro atoms. The van der Waals surface area contributed by atoms with Crippen molar-refractivity contribution in [2.45, 2.75) is 5.16 Å². The molecular formula is C11H9N5O2S. The van der Waals surface area contributed by atoms with Crippen LogP contribution < -0.4 is 5.73 Å². The predicted octanol–water partition coefficient (Wildman–Crippen LogP) is 0.733. The summed E-state index contributed by atoms with van der Waals surface area (Å²) < 4.78 is 0. The van der Waals surface area contributed by atoms with E-state index in [4.69, 9.17) is 5.73 Å². The third-order valence-electron chi connectivity index (χ3n) is 2.68. The molecule has 2 aromatic rings. The fourth-order valence-electron chi connectivity index (χ4n) is 1.80. The highest BCUT2D eigenvalue weighted by Gasteiger charge is 2.35. The van der Waals surface area contributed by atoms with Crippen molar-refractivity contribution in [2.24, 2.45) is 0 Å². The van der Waals surface area contributed by atoms with E-state index in [1.54, 1.807) is 24.3 Å². The summed E-state index contributed by atoms with van der Waals surface area (Å²) in [4.78, 5) is 29.2. The Morgan fingerprint density at radius 2 is 1.84 bits per heavy atom. The van der Waals surface area contributed by atoms with Gasteiger partial charge in [-0.3, -0.25) is 14.5 Å². The van der Waals surface area contributed by atoms with Crippen LogP contribution in [0.25, 0.3) is 0 Å². The number of thioether (sulfide) groups is 1. The molecule has 2 heterocycles. The number of H-pyrrole nitrogens is 1. The van der Waals surface area contributed by atoms with Crippen LogP contribution in [0, 0.1) is 0 Å². The molecule has 3 rings (SSSR count). The highest BCUT2D eigenvalue weighted by molar-refractivity contribution is 7.99. The molecular weight excluding hydrogens is 266 g/mol. The number of rotatable bonds is 3. The second kappa shape index (κ2) is 4.39. The van der Waals surface area contributed by atoms with Gasteiger partial charge in [0.05, 0.1) is 17.0 Å². The minimum absolute atomic E-state index is 0.156. The van der Waals surface area contributed by atoms with Crippen molar-refractivity contribution < 1.29 is 9.59 Å². The predicted molar refractivity (Wildman–Crippen MR) is 68.5 cm³/mol. The summed E-state index contributed by atoms with van der Waals surface area (Å²) in [6, 6.07) is 6.75. The molecule has 1 aromatic carbocycles. The number of nitrogens with zero attached hydrogens (tertiary/aromatic N) is 3. The zero-order chi connectivity index (χ0) is 13.4. The van der Waals surface area contributed by atoms with E-state index in [9.17, 15) is 9.59 Å². The molecule has 3 N–H and O–H groups in total. The van der Waals surface area contributed by atoms with E-state index in [2.05, 4.69) is 15.2 Å². The summed E-state index contributed by atoms with van der Waals surface area (Å²) in [5.41, 5.74) is 6.26. The molecule has 19 heavy (non-hydrogen) atoms. The van der Waals surface area contributed by atoms with Crippen LogP contribution in [0.15, 0.2) is 29.4 Å². The van der Waals surface area contributed by atoms with Gasteiger partial charge in [0.2, 0.25) is 11.1 Å². The maximum Gasteiger partial charge on any atom is 0.262 e. The Morgan fingerprint density at radius 3 is 2.37 bits per heavy atom. The second-order valence-electron chi connectivity index (χ2n) is 3.86. The largest absolute Gasteiger partial charge is 0.368 e. The summed E-state index contributed by atoms with van der Waals surface area (Å²) in [5, 5.41) is 6.72. The van der Waals surface area contributed by atoms with E-state index in [-0.39, 0.29) is 23.6 Å². The fraction of sp³-hybridized carbons (Fsp3) is 0.0909. The molecule has 0 atom stereocenters. The SMILES string of the molecule is Nc1nc(SCN2C(=O)c3ccccc3C2=O)n[nH]1. The molecule has 1 aromatic heterocycles. The molecule has 0 saturated heterocycles. The van der Waals surface area contributed by atoms with Crippen LogP contribution in [-0.2, 0) is 0 Å². The Morgan fingerprint density at radius 1 is 1.21 bits per heavy atom. The number of aromatic amines is 1. The summed E-state index contributed by atoms with van der Waals surface area (Å²) in [6.45, 7) is 0. The molecule has 7 nitrogen and oxygen atoms in total. The van der Waals surface area contributed by atoms with Gasteiger partial charge in [0, 0.05) is 0 Å². The van der Waals surface area contributed by atoms with Gasteiger partial charge in [-0.05, 0) is 12.1 Å². The lowest BCUT2D eigenvalue weighted by molar-refractivity contribution is 0.0684.